The number of pyridine rings is 1. The van der Waals surface area contributed by atoms with Gasteiger partial charge in [-0.15, -0.1) is 0 Å². The summed E-state index contributed by atoms with van der Waals surface area (Å²) >= 11 is 0. The van der Waals surface area contributed by atoms with Crippen LogP contribution in [0.4, 0.5) is 0 Å². The number of primary amides is 1. The van der Waals surface area contributed by atoms with Gasteiger partial charge in [0.25, 0.3) is 0 Å². The van der Waals surface area contributed by atoms with E-state index in [0.29, 0.717) is 0 Å². The second-order valence-electron chi connectivity index (χ2n) is 3.18. The molecular weight excluding hydrogens is 178 g/mol. The van der Waals surface area contributed by atoms with Gasteiger partial charge in [-0.1, -0.05) is 0 Å². The number of hydrogen-bond acceptors (Lipinski definition) is 3. The van der Waals surface area contributed by atoms with Crippen molar-refractivity contribution < 1.29 is 4.79 Å². The number of carbonyl (C=O) groups excluding carboxylic acids is 1. The molecule has 0 aliphatic heterocycles. The standard InChI is InChI=1S/C10H15N3O/c1-8(10(11)14)13-7-4-9-2-5-12-6-3-9/h2-3,5-6,8,13H,4,7H2,1H3,(H2,11,14). The molecule has 1 atom stereocenters. The van der Waals surface area contributed by atoms with E-state index in [1.165, 1.54) is 5.56 Å². The lowest BCUT2D eigenvalue weighted by Crippen LogP contribution is -2.39. The molecule has 76 valence electrons. The van der Waals surface area contributed by atoms with Gasteiger partial charge in [-0.05, 0) is 37.6 Å². The molecule has 1 rings (SSSR count). The number of hydrogen-bond donors (Lipinski definition) is 2. The van der Waals surface area contributed by atoms with Gasteiger partial charge < -0.3 is 11.1 Å². The van der Waals surface area contributed by atoms with E-state index < -0.39 is 0 Å². The van der Waals surface area contributed by atoms with Crippen molar-refractivity contribution in [2.45, 2.75) is 19.4 Å². The van der Waals surface area contributed by atoms with Crippen LogP contribution in [0.15, 0.2) is 24.5 Å². The van der Waals surface area contributed by atoms with Gasteiger partial charge >= 0.3 is 0 Å². The largest absolute Gasteiger partial charge is 0.368 e. The molecule has 14 heavy (non-hydrogen) atoms. The highest BCUT2D eigenvalue weighted by Crippen LogP contribution is 1.96. The number of nitrogens with zero attached hydrogens (tertiary/aromatic N) is 1. The van der Waals surface area contributed by atoms with Gasteiger partial charge in [-0.25, -0.2) is 0 Å². The minimum Gasteiger partial charge on any atom is -0.368 e. The Morgan fingerprint density at radius 3 is 2.79 bits per heavy atom. The lowest BCUT2D eigenvalue weighted by molar-refractivity contribution is -0.119. The molecule has 0 aromatic carbocycles. The zero-order chi connectivity index (χ0) is 10.4. The molecule has 0 saturated carbocycles. The maximum atomic E-state index is 10.7. The molecule has 0 radical (unpaired) electrons. The fraction of sp³-hybridized carbons (Fsp3) is 0.400. The first-order chi connectivity index (χ1) is 6.70. The minimum atomic E-state index is -0.320. The summed E-state index contributed by atoms with van der Waals surface area (Å²) in [7, 11) is 0. The summed E-state index contributed by atoms with van der Waals surface area (Å²) in [5.74, 6) is -0.320. The smallest absolute Gasteiger partial charge is 0.234 e. The number of amides is 1. The van der Waals surface area contributed by atoms with Gasteiger partial charge in [-0.3, -0.25) is 9.78 Å². The van der Waals surface area contributed by atoms with Crippen LogP contribution in [0.5, 0.6) is 0 Å². The van der Waals surface area contributed by atoms with Crippen molar-refractivity contribution >= 4 is 5.91 Å². The van der Waals surface area contributed by atoms with E-state index in [9.17, 15) is 4.79 Å². The molecule has 0 fully saturated rings. The Balaban J connectivity index is 2.26. The molecule has 4 nitrogen and oxygen atoms in total. The lowest BCUT2D eigenvalue weighted by atomic mass is 10.2. The zero-order valence-corrected chi connectivity index (χ0v) is 8.23. The molecule has 0 bridgehead atoms. The predicted molar refractivity (Wildman–Crippen MR) is 54.6 cm³/mol. The average molecular weight is 193 g/mol. The van der Waals surface area contributed by atoms with Crippen LogP contribution in [-0.2, 0) is 11.2 Å². The van der Waals surface area contributed by atoms with Crippen molar-refractivity contribution in [3.8, 4) is 0 Å². The van der Waals surface area contributed by atoms with Crippen LogP contribution in [0.1, 0.15) is 12.5 Å². The lowest BCUT2D eigenvalue weighted by Gasteiger charge is -2.09. The van der Waals surface area contributed by atoms with E-state index in [2.05, 4.69) is 10.3 Å². The van der Waals surface area contributed by atoms with Crippen molar-refractivity contribution in [2.75, 3.05) is 6.54 Å². The van der Waals surface area contributed by atoms with Crippen molar-refractivity contribution in [3.63, 3.8) is 0 Å². The van der Waals surface area contributed by atoms with E-state index in [-0.39, 0.29) is 11.9 Å². The Hall–Kier alpha value is -1.42. The highest BCUT2D eigenvalue weighted by atomic mass is 16.1. The van der Waals surface area contributed by atoms with E-state index in [0.717, 1.165) is 13.0 Å². The second-order valence-corrected chi connectivity index (χ2v) is 3.18. The molecule has 1 amide bonds. The highest BCUT2D eigenvalue weighted by Gasteiger charge is 2.05. The first-order valence-corrected chi connectivity index (χ1v) is 4.62. The molecule has 0 aliphatic rings. The summed E-state index contributed by atoms with van der Waals surface area (Å²) < 4.78 is 0. The normalized spacial score (nSPS) is 12.4. The van der Waals surface area contributed by atoms with Gasteiger partial charge in [0.15, 0.2) is 0 Å². The summed E-state index contributed by atoms with van der Waals surface area (Å²) in [5, 5.41) is 3.04. The third-order valence-corrected chi connectivity index (χ3v) is 2.04. The van der Waals surface area contributed by atoms with E-state index in [1.807, 2.05) is 12.1 Å². The number of carbonyl (C=O) groups is 1. The number of aromatic nitrogens is 1. The molecule has 4 heteroatoms. The van der Waals surface area contributed by atoms with Gasteiger partial charge in [0.05, 0.1) is 6.04 Å². The van der Waals surface area contributed by atoms with Gasteiger partial charge in [0.2, 0.25) is 5.91 Å². The van der Waals surface area contributed by atoms with Crippen molar-refractivity contribution in [1.82, 2.24) is 10.3 Å². The van der Waals surface area contributed by atoms with Crippen LogP contribution in [0.3, 0.4) is 0 Å². The van der Waals surface area contributed by atoms with Gasteiger partial charge in [-0.2, -0.15) is 0 Å². The summed E-state index contributed by atoms with van der Waals surface area (Å²) in [6.07, 6.45) is 4.39. The molecule has 1 heterocycles. The third-order valence-electron chi connectivity index (χ3n) is 2.04. The summed E-state index contributed by atoms with van der Waals surface area (Å²) in [5.41, 5.74) is 6.30. The summed E-state index contributed by atoms with van der Waals surface area (Å²) in [6, 6.07) is 3.64. The van der Waals surface area contributed by atoms with Crippen molar-refractivity contribution in [2.24, 2.45) is 5.73 Å². The molecule has 0 saturated heterocycles. The Kier molecular flexibility index (Phi) is 4.07. The molecule has 1 aromatic rings. The number of rotatable bonds is 5. The summed E-state index contributed by atoms with van der Waals surface area (Å²) in [4.78, 5) is 14.6. The Morgan fingerprint density at radius 1 is 1.57 bits per heavy atom. The third kappa shape index (κ3) is 3.53. The van der Waals surface area contributed by atoms with Gasteiger partial charge in [0.1, 0.15) is 0 Å². The second kappa shape index (κ2) is 5.34. The quantitative estimate of drug-likeness (QED) is 0.696. The van der Waals surface area contributed by atoms with Crippen molar-refractivity contribution in [3.05, 3.63) is 30.1 Å². The SMILES string of the molecule is CC(NCCc1ccncc1)C(N)=O. The average Bonchev–Trinajstić information content (AvgIpc) is 2.19. The maximum Gasteiger partial charge on any atom is 0.234 e. The monoisotopic (exact) mass is 193 g/mol. The highest BCUT2D eigenvalue weighted by molar-refractivity contribution is 5.79. The molecule has 1 aromatic heterocycles. The van der Waals surface area contributed by atoms with Crippen LogP contribution < -0.4 is 11.1 Å². The molecule has 1 unspecified atom stereocenters. The maximum absolute atomic E-state index is 10.7. The Labute approximate surface area is 83.5 Å². The number of nitrogens with one attached hydrogen (secondary N) is 1. The topological polar surface area (TPSA) is 68.0 Å². The molecule has 3 N–H and O–H groups in total. The van der Waals surface area contributed by atoms with E-state index in [4.69, 9.17) is 5.73 Å². The van der Waals surface area contributed by atoms with Crippen LogP contribution in [0.25, 0.3) is 0 Å². The fourth-order valence-electron chi connectivity index (χ4n) is 1.08. The Morgan fingerprint density at radius 2 is 2.21 bits per heavy atom. The molecule has 0 spiro atoms. The number of nitrogens with two attached hydrogens (primary N) is 1. The summed E-state index contributed by atoms with van der Waals surface area (Å²) in [6.45, 7) is 2.50. The first-order valence-electron chi connectivity index (χ1n) is 4.62. The molecule has 0 aliphatic carbocycles. The minimum absolute atomic E-state index is 0.267. The van der Waals surface area contributed by atoms with Crippen molar-refractivity contribution in [1.29, 1.82) is 0 Å². The van der Waals surface area contributed by atoms with E-state index in [1.54, 1.807) is 19.3 Å². The van der Waals surface area contributed by atoms with Crippen LogP contribution >= 0.6 is 0 Å². The Bertz CT molecular complexity index is 287. The van der Waals surface area contributed by atoms with Crippen LogP contribution in [0.2, 0.25) is 0 Å². The zero-order valence-electron chi connectivity index (χ0n) is 8.23. The van der Waals surface area contributed by atoms with Crippen LogP contribution in [-0.4, -0.2) is 23.5 Å². The fourth-order valence-corrected chi connectivity index (χ4v) is 1.08. The van der Waals surface area contributed by atoms with E-state index >= 15 is 0 Å². The first kappa shape index (κ1) is 10.7. The predicted octanol–water partition coefficient (Wildman–Crippen LogP) is 0.0875. The van der Waals surface area contributed by atoms with Gasteiger partial charge in [0, 0.05) is 12.4 Å². The van der Waals surface area contributed by atoms with Crippen LogP contribution in [0, 0.1) is 0 Å². The molecular formula is C10H15N3O.